The predicted molar refractivity (Wildman–Crippen MR) is 112 cm³/mol. The molecule has 1 amide bonds. The standard InChI is InChI=1S/C22H24N4O2/c1-26(2)18-10-6-9-16(11-18)19-12-17(13-24-21(19)23)20(14-27)25-22(28)15-7-4-3-5-8-15/h3-13,20,27H,14H2,1-2H3,(H2,23,24)(H,25,28). The minimum Gasteiger partial charge on any atom is -0.394 e. The van der Waals surface area contributed by atoms with E-state index in [0.29, 0.717) is 16.9 Å². The zero-order chi connectivity index (χ0) is 20.1. The number of rotatable bonds is 6. The summed E-state index contributed by atoms with van der Waals surface area (Å²) in [5.41, 5.74) is 10.0. The number of amides is 1. The highest BCUT2D eigenvalue weighted by Crippen LogP contribution is 2.29. The number of hydrogen-bond donors (Lipinski definition) is 3. The molecule has 4 N–H and O–H groups in total. The SMILES string of the molecule is CN(C)c1cccc(-c2cc(C(CO)NC(=O)c3ccccc3)cnc2N)c1. The first kappa shape index (κ1) is 19.4. The fourth-order valence-electron chi connectivity index (χ4n) is 2.93. The van der Waals surface area contributed by atoms with Crippen LogP contribution in [0, 0.1) is 0 Å². The lowest BCUT2D eigenvalue weighted by atomic mass is 10.0. The third kappa shape index (κ3) is 4.29. The van der Waals surface area contributed by atoms with Gasteiger partial charge in [0.15, 0.2) is 0 Å². The van der Waals surface area contributed by atoms with Gasteiger partial charge in [0.25, 0.3) is 5.91 Å². The monoisotopic (exact) mass is 376 g/mol. The summed E-state index contributed by atoms with van der Waals surface area (Å²) in [6.07, 6.45) is 1.58. The quantitative estimate of drug-likeness (QED) is 0.615. The van der Waals surface area contributed by atoms with Gasteiger partial charge in [-0.3, -0.25) is 4.79 Å². The number of carbonyl (C=O) groups excluding carboxylic acids is 1. The van der Waals surface area contributed by atoms with Crippen molar-refractivity contribution < 1.29 is 9.90 Å². The summed E-state index contributed by atoms with van der Waals surface area (Å²) in [6, 6.07) is 18.1. The molecule has 2 aromatic carbocycles. The Balaban J connectivity index is 1.91. The Morgan fingerprint density at radius 3 is 2.57 bits per heavy atom. The Kier molecular flexibility index (Phi) is 5.91. The first-order valence-corrected chi connectivity index (χ1v) is 8.99. The molecule has 0 radical (unpaired) electrons. The Labute approximate surface area is 164 Å². The lowest BCUT2D eigenvalue weighted by Gasteiger charge is -2.19. The molecule has 0 aliphatic rings. The molecule has 0 aliphatic carbocycles. The van der Waals surface area contributed by atoms with E-state index < -0.39 is 6.04 Å². The Hall–Kier alpha value is -3.38. The molecule has 0 saturated carbocycles. The fourth-order valence-corrected chi connectivity index (χ4v) is 2.93. The van der Waals surface area contributed by atoms with Crippen LogP contribution in [0.4, 0.5) is 11.5 Å². The highest BCUT2D eigenvalue weighted by Gasteiger charge is 2.17. The minimum absolute atomic E-state index is 0.249. The van der Waals surface area contributed by atoms with Crippen LogP contribution in [-0.4, -0.2) is 36.7 Å². The van der Waals surface area contributed by atoms with Crippen molar-refractivity contribution in [3.05, 3.63) is 78.0 Å². The van der Waals surface area contributed by atoms with E-state index in [0.717, 1.165) is 16.8 Å². The Morgan fingerprint density at radius 1 is 1.14 bits per heavy atom. The van der Waals surface area contributed by atoms with Gasteiger partial charge < -0.3 is 21.1 Å². The van der Waals surface area contributed by atoms with E-state index in [1.165, 1.54) is 0 Å². The third-order valence-corrected chi connectivity index (χ3v) is 4.54. The van der Waals surface area contributed by atoms with Crippen molar-refractivity contribution in [2.75, 3.05) is 31.3 Å². The number of benzene rings is 2. The van der Waals surface area contributed by atoms with Crippen molar-refractivity contribution in [2.24, 2.45) is 0 Å². The summed E-state index contributed by atoms with van der Waals surface area (Å²) in [6.45, 7) is -0.249. The molecule has 1 aromatic heterocycles. The number of nitrogens with two attached hydrogens (primary N) is 1. The first-order chi connectivity index (χ1) is 13.5. The van der Waals surface area contributed by atoms with E-state index in [-0.39, 0.29) is 12.5 Å². The summed E-state index contributed by atoms with van der Waals surface area (Å²) in [7, 11) is 3.94. The van der Waals surface area contributed by atoms with Gasteiger partial charge in [-0.1, -0.05) is 30.3 Å². The van der Waals surface area contributed by atoms with Gasteiger partial charge in [0.2, 0.25) is 0 Å². The number of nitrogens with one attached hydrogen (secondary N) is 1. The molecule has 144 valence electrons. The number of anilines is 2. The molecule has 1 heterocycles. The Bertz CT molecular complexity index is 958. The van der Waals surface area contributed by atoms with E-state index in [9.17, 15) is 9.90 Å². The van der Waals surface area contributed by atoms with E-state index in [4.69, 9.17) is 5.73 Å². The smallest absolute Gasteiger partial charge is 0.251 e. The predicted octanol–water partition coefficient (Wildman–Crippen LogP) is 2.86. The van der Waals surface area contributed by atoms with Gasteiger partial charge in [0, 0.05) is 37.1 Å². The molecule has 0 bridgehead atoms. The zero-order valence-electron chi connectivity index (χ0n) is 16.0. The van der Waals surface area contributed by atoms with Crippen LogP contribution < -0.4 is 16.0 Å². The maximum Gasteiger partial charge on any atom is 0.251 e. The second kappa shape index (κ2) is 8.54. The lowest BCUT2D eigenvalue weighted by Crippen LogP contribution is -2.30. The van der Waals surface area contributed by atoms with E-state index in [1.54, 1.807) is 30.5 Å². The van der Waals surface area contributed by atoms with E-state index in [2.05, 4.69) is 10.3 Å². The summed E-state index contributed by atoms with van der Waals surface area (Å²) in [5.74, 6) is 0.137. The molecule has 6 heteroatoms. The normalized spacial score (nSPS) is 11.7. The van der Waals surface area contributed by atoms with Crippen molar-refractivity contribution in [2.45, 2.75) is 6.04 Å². The topological polar surface area (TPSA) is 91.5 Å². The summed E-state index contributed by atoms with van der Waals surface area (Å²) in [4.78, 5) is 18.7. The minimum atomic E-state index is -0.586. The van der Waals surface area contributed by atoms with Gasteiger partial charge in [-0.2, -0.15) is 0 Å². The molecular formula is C22H24N4O2. The molecule has 0 spiro atoms. The molecule has 1 atom stereocenters. The fraction of sp³-hybridized carbons (Fsp3) is 0.182. The number of aliphatic hydroxyl groups is 1. The molecule has 6 nitrogen and oxygen atoms in total. The average molecular weight is 376 g/mol. The molecule has 3 rings (SSSR count). The van der Waals surface area contributed by atoms with Crippen LogP contribution in [0.3, 0.4) is 0 Å². The Morgan fingerprint density at radius 2 is 1.89 bits per heavy atom. The van der Waals surface area contributed by atoms with Crippen LogP contribution in [0.15, 0.2) is 66.9 Å². The van der Waals surface area contributed by atoms with Gasteiger partial charge in [-0.05, 0) is 41.5 Å². The molecule has 0 aliphatic heterocycles. The first-order valence-electron chi connectivity index (χ1n) is 8.99. The van der Waals surface area contributed by atoms with Gasteiger partial charge in [0.1, 0.15) is 5.82 Å². The van der Waals surface area contributed by atoms with E-state index in [1.807, 2.05) is 55.4 Å². The van der Waals surface area contributed by atoms with Crippen molar-refractivity contribution in [1.82, 2.24) is 10.3 Å². The van der Waals surface area contributed by atoms with Crippen molar-refractivity contribution >= 4 is 17.4 Å². The van der Waals surface area contributed by atoms with Crippen LogP contribution in [-0.2, 0) is 0 Å². The number of carbonyl (C=O) groups is 1. The van der Waals surface area contributed by atoms with Crippen LogP contribution in [0.1, 0.15) is 22.0 Å². The number of nitrogen functional groups attached to an aromatic ring is 1. The van der Waals surface area contributed by atoms with E-state index >= 15 is 0 Å². The zero-order valence-corrected chi connectivity index (χ0v) is 16.0. The third-order valence-electron chi connectivity index (χ3n) is 4.54. The highest BCUT2D eigenvalue weighted by molar-refractivity contribution is 5.94. The number of aromatic nitrogens is 1. The van der Waals surface area contributed by atoms with Gasteiger partial charge in [-0.15, -0.1) is 0 Å². The van der Waals surface area contributed by atoms with Crippen LogP contribution >= 0.6 is 0 Å². The molecule has 3 aromatic rings. The molecule has 0 fully saturated rings. The number of hydrogen-bond acceptors (Lipinski definition) is 5. The second-order valence-electron chi connectivity index (χ2n) is 6.72. The van der Waals surface area contributed by atoms with Gasteiger partial charge >= 0.3 is 0 Å². The van der Waals surface area contributed by atoms with Crippen molar-refractivity contribution in [3.8, 4) is 11.1 Å². The molecule has 0 saturated heterocycles. The number of aliphatic hydroxyl groups excluding tert-OH is 1. The second-order valence-corrected chi connectivity index (χ2v) is 6.72. The van der Waals surface area contributed by atoms with Gasteiger partial charge in [0.05, 0.1) is 12.6 Å². The summed E-state index contributed by atoms with van der Waals surface area (Å²) < 4.78 is 0. The van der Waals surface area contributed by atoms with Gasteiger partial charge in [-0.25, -0.2) is 4.98 Å². The highest BCUT2D eigenvalue weighted by atomic mass is 16.3. The lowest BCUT2D eigenvalue weighted by molar-refractivity contribution is 0.0916. The largest absolute Gasteiger partial charge is 0.394 e. The summed E-state index contributed by atoms with van der Waals surface area (Å²) >= 11 is 0. The van der Waals surface area contributed by atoms with Crippen molar-refractivity contribution in [3.63, 3.8) is 0 Å². The van der Waals surface area contributed by atoms with Crippen LogP contribution in [0.2, 0.25) is 0 Å². The number of nitrogens with zero attached hydrogens (tertiary/aromatic N) is 2. The number of pyridine rings is 1. The molecule has 1 unspecified atom stereocenters. The molecule has 28 heavy (non-hydrogen) atoms. The van der Waals surface area contributed by atoms with Crippen LogP contribution in [0.25, 0.3) is 11.1 Å². The maximum absolute atomic E-state index is 12.5. The van der Waals surface area contributed by atoms with Crippen molar-refractivity contribution in [1.29, 1.82) is 0 Å². The average Bonchev–Trinajstić information content (AvgIpc) is 2.73. The van der Waals surface area contributed by atoms with Crippen LogP contribution in [0.5, 0.6) is 0 Å². The summed E-state index contributed by atoms with van der Waals surface area (Å²) in [5, 5.41) is 12.7. The maximum atomic E-state index is 12.5. The molecular weight excluding hydrogens is 352 g/mol.